The van der Waals surface area contributed by atoms with E-state index >= 15 is 0 Å². The maximum atomic E-state index is 13.1. The number of ether oxygens (including phenoxy) is 2. The van der Waals surface area contributed by atoms with Crippen LogP contribution in [-0.4, -0.2) is 55.4 Å². The van der Waals surface area contributed by atoms with Crippen molar-refractivity contribution in [1.82, 2.24) is 20.4 Å². The van der Waals surface area contributed by atoms with Crippen LogP contribution in [-0.2, 0) is 17.8 Å². The van der Waals surface area contributed by atoms with Crippen LogP contribution in [0.1, 0.15) is 17.7 Å². The van der Waals surface area contributed by atoms with E-state index in [-0.39, 0.29) is 11.7 Å². The summed E-state index contributed by atoms with van der Waals surface area (Å²) in [5.74, 6) is 0.991. The molecule has 0 saturated carbocycles. The van der Waals surface area contributed by atoms with Crippen molar-refractivity contribution in [2.24, 2.45) is 0 Å². The largest absolute Gasteiger partial charge is 0.493 e. The molecule has 0 aliphatic rings. The minimum Gasteiger partial charge on any atom is -0.493 e. The number of hydrogen-bond donors (Lipinski definition) is 2. The fourth-order valence-corrected chi connectivity index (χ4v) is 3.37. The first-order chi connectivity index (χ1) is 15.5. The van der Waals surface area contributed by atoms with Crippen molar-refractivity contribution in [2.75, 3.05) is 34.4 Å². The van der Waals surface area contributed by atoms with Crippen molar-refractivity contribution in [3.63, 3.8) is 0 Å². The molecule has 0 spiro atoms. The predicted octanol–water partition coefficient (Wildman–Crippen LogP) is 3.41. The van der Waals surface area contributed by atoms with Gasteiger partial charge in [0.2, 0.25) is 5.91 Å². The third kappa shape index (κ3) is 6.55. The number of halogens is 1. The van der Waals surface area contributed by atoms with E-state index in [1.54, 1.807) is 26.4 Å². The molecule has 1 amide bonds. The molecule has 32 heavy (non-hydrogen) atoms. The number of likely N-dealkylation sites (N-methyl/N-ethyl adjacent to an activating group) is 1. The van der Waals surface area contributed by atoms with Gasteiger partial charge in [0.05, 0.1) is 26.5 Å². The Morgan fingerprint density at radius 2 is 1.84 bits per heavy atom. The van der Waals surface area contributed by atoms with Crippen molar-refractivity contribution in [3.8, 4) is 22.8 Å². The van der Waals surface area contributed by atoms with Crippen LogP contribution >= 0.6 is 0 Å². The Hall–Kier alpha value is -3.39. The third-order valence-electron chi connectivity index (χ3n) is 5.11. The van der Waals surface area contributed by atoms with Crippen molar-refractivity contribution in [3.05, 3.63) is 65.6 Å². The van der Waals surface area contributed by atoms with Crippen LogP contribution in [0.15, 0.2) is 48.5 Å². The maximum Gasteiger partial charge on any atom is 0.234 e. The number of aromatic nitrogens is 2. The van der Waals surface area contributed by atoms with Gasteiger partial charge in [-0.1, -0.05) is 6.07 Å². The minimum atomic E-state index is -0.264. The minimum absolute atomic E-state index is 0.0394. The van der Waals surface area contributed by atoms with E-state index in [0.717, 1.165) is 41.9 Å². The molecule has 0 radical (unpaired) electrons. The number of benzene rings is 2. The monoisotopic (exact) mass is 440 g/mol. The highest BCUT2D eigenvalue weighted by atomic mass is 19.1. The van der Waals surface area contributed by atoms with Gasteiger partial charge in [0.15, 0.2) is 11.5 Å². The number of hydrogen-bond acceptors (Lipinski definition) is 5. The summed E-state index contributed by atoms with van der Waals surface area (Å²) < 4.78 is 23.6. The van der Waals surface area contributed by atoms with Crippen molar-refractivity contribution < 1.29 is 18.7 Å². The van der Waals surface area contributed by atoms with Crippen LogP contribution < -0.4 is 14.8 Å². The quantitative estimate of drug-likeness (QED) is 0.478. The van der Waals surface area contributed by atoms with E-state index in [4.69, 9.17) is 9.47 Å². The summed E-state index contributed by atoms with van der Waals surface area (Å²) in [6, 6.07) is 13.8. The van der Waals surface area contributed by atoms with E-state index in [1.165, 1.54) is 12.1 Å². The molecule has 1 heterocycles. The van der Waals surface area contributed by atoms with Crippen molar-refractivity contribution >= 4 is 5.91 Å². The van der Waals surface area contributed by atoms with Gasteiger partial charge >= 0.3 is 0 Å². The number of aryl methyl sites for hydroxylation is 1. The lowest BCUT2D eigenvalue weighted by Crippen LogP contribution is -2.35. The first-order valence-corrected chi connectivity index (χ1v) is 10.4. The molecule has 2 N–H and O–H groups in total. The Kier molecular flexibility index (Phi) is 8.21. The zero-order chi connectivity index (χ0) is 22.9. The summed E-state index contributed by atoms with van der Waals surface area (Å²) in [5, 5.41) is 10.3. The first-order valence-electron chi connectivity index (χ1n) is 10.4. The number of rotatable bonds is 11. The van der Waals surface area contributed by atoms with Gasteiger partial charge in [0, 0.05) is 17.8 Å². The lowest BCUT2D eigenvalue weighted by molar-refractivity contribution is -0.122. The lowest BCUT2D eigenvalue weighted by atomic mass is 10.1. The molecule has 0 aliphatic heterocycles. The average Bonchev–Trinajstić information content (AvgIpc) is 3.26. The Morgan fingerprint density at radius 1 is 1.09 bits per heavy atom. The Morgan fingerprint density at radius 3 is 2.56 bits per heavy atom. The number of H-pyrrole nitrogens is 1. The maximum absolute atomic E-state index is 13.1. The molecule has 170 valence electrons. The number of methoxy groups -OCH3 is 2. The number of aromatic amines is 1. The Balaban J connectivity index is 1.39. The second kappa shape index (κ2) is 11.3. The number of amides is 1. The van der Waals surface area contributed by atoms with Crippen molar-refractivity contribution in [2.45, 2.75) is 19.4 Å². The highest BCUT2D eigenvalue weighted by Gasteiger charge is 2.09. The number of nitrogens with one attached hydrogen (secondary N) is 2. The molecule has 3 aromatic rings. The molecule has 0 aliphatic carbocycles. The fourth-order valence-electron chi connectivity index (χ4n) is 3.37. The molecule has 0 bridgehead atoms. The van der Waals surface area contributed by atoms with E-state index in [2.05, 4.69) is 15.5 Å². The smallest absolute Gasteiger partial charge is 0.234 e. The fraction of sp³-hybridized carbons (Fsp3) is 0.333. The molecular weight excluding hydrogens is 411 g/mol. The van der Waals surface area contributed by atoms with Crippen LogP contribution in [0.4, 0.5) is 4.39 Å². The second-order valence-electron chi connectivity index (χ2n) is 7.59. The zero-order valence-corrected chi connectivity index (χ0v) is 18.7. The third-order valence-corrected chi connectivity index (χ3v) is 5.11. The summed E-state index contributed by atoms with van der Waals surface area (Å²) in [6.07, 6.45) is 1.69. The molecule has 1 aromatic heterocycles. The van der Waals surface area contributed by atoms with Gasteiger partial charge in [-0.2, -0.15) is 5.10 Å². The Labute approximate surface area is 187 Å². The summed E-state index contributed by atoms with van der Waals surface area (Å²) >= 11 is 0. The van der Waals surface area contributed by atoms with Gasteiger partial charge in [-0.25, -0.2) is 4.39 Å². The molecule has 2 aromatic carbocycles. The van der Waals surface area contributed by atoms with E-state index in [0.29, 0.717) is 24.6 Å². The average molecular weight is 441 g/mol. The van der Waals surface area contributed by atoms with Gasteiger partial charge in [0.25, 0.3) is 0 Å². The highest BCUT2D eigenvalue weighted by Crippen LogP contribution is 2.27. The second-order valence-corrected chi connectivity index (χ2v) is 7.59. The van der Waals surface area contributed by atoms with Crippen LogP contribution in [0, 0.1) is 5.82 Å². The van der Waals surface area contributed by atoms with Crippen LogP contribution in [0.5, 0.6) is 11.5 Å². The summed E-state index contributed by atoms with van der Waals surface area (Å²) in [7, 11) is 5.10. The normalized spacial score (nSPS) is 10.9. The van der Waals surface area contributed by atoms with Gasteiger partial charge in [-0.15, -0.1) is 0 Å². The van der Waals surface area contributed by atoms with Crippen molar-refractivity contribution in [1.29, 1.82) is 0 Å². The molecule has 0 fully saturated rings. The molecule has 7 nitrogen and oxygen atoms in total. The number of carbonyl (C=O) groups is 1. The topological polar surface area (TPSA) is 79.5 Å². The van der Waals surface area contributed by atoms with Gasteiger partial charge in [-0.05, 0) is 74.5 Å². The van der Waals surface area contributed by atoms with Gasteiger partial charge in [0.1, 0.15) is 5.82 Å². The summed E-state index contributed by atoms with van der Waals surface area (Å²) in [6.45, 7) is 1.51. The molecule has 0 saturated heterocycles. The highest BCUT2D eigenvalue weighted by molar-refractivity contribution is 5.78. The molecule has 8 heteroatoms. The predicted molar refractivity (Wildman–Crippen MR) is 121 cm³/mol. The molecule has 3 rings (SSSR count). The van der Waals surface area contributed by atoms with E-state index in [1.807, 2.05) is 36.2 Å². The zero-order valence-electron chi connectivity index (χ0n) is 18.7. The number of carbonyl (C=O) groups excluding carboxylic acids is 1. The van der Waals surface area contributed by atoms with Crippen LogP contribution in [0.25, 0.3) is 11.3 Å². The SMILES string of the molecule is COc1ccc(CNC(=O)CN(C)CCCc2cc(-c3ccc(F)cc3)n[nH]2)cc1OC. The van der Waals surface area contributed by atoms with Gasteiger partial charge < -0.3 is 14.8 Å². The lowest BCUT2D eigenvalue weighted by Gasteiger charge is -2.16. The molecular formula is C24H29FN4O3. The molecule has 0 unspecified atom stereocenters. The van der Waals surface area contributed by atoms with E-state index in [9.17, 15) is 9.18 Å². The summed E-state index contributed by atoms with van der Waals surface area (Å²) in [4.78, 5) is 14.3. The van der Waals surface area contributed by atoms with Gasteiger partial charge in [-0.3, -0.25) is 14.8 Å². The summed E-state index contributed by atoms with van der Waals surface area (Å²) in [5.41, 5.74) is 3.62. The standard InChI is InChI=1S/C24H29FN4O3/c1-29(16-24(30)26-15-17-6-11-22(31-2)23(13-17)32-3)12-4-5-20-14-21(28-27-20)18-7-9-19(25)10-8-18/h6-11,13-14H,4-5,12,15-16H2,1-3H3,(H,26,30)(H,27,28). The Bertz CT molecular complexity index is 1020. The first kappa shape index (κ1) is 23.3. The number of nitrogens with zero attached hydrogens (tertiary/aromatic N) is 2. The van der Waals surface area contributed by atoms with Crippen LogP contribution in [0.3, 0.4) is 0 Å². The molecule has 0 atom stereocenters. The van der Waals surface area contributed by atoms with Crippen LogP contribution in [0.2, 0.25) is 0 Å². The van der Waals surface area contributed by atoms with E-state index < -0.39 is 0 Å².